The summed E-state index contributed by atoms with van der Waals surface area (Å²) < 4.78 is 90.4. The van der Waals surface area contributed by atoms with E-state index in [1.165, 1.54) is 6.07 Å². The van der Waals surface area contributed by atoms with E-state index in [1.807, 2.05) is 0 Å². The molecule has 0 bridgehead atoms. The molecule has 2 aromatic carbocycles. The first-order valence-corrected chi connectivity index (χ1v) is 10.4. The number of amides is 1. The number of aromatic nitrogens is 2. The third-order valence-electron chi connectivity index (χ3n) is 4.15. The number of rotatable bonds is 5. The van der Waals surface area contributed by atoms with Crippen LogP contribution in [0.3, 0.4) is 0 Å². The number of nitrogens with zero attached hydrogens (tertiary/aromatic N) is 2. The maximum absolute atomic E-state index is 13.9. The second-order valence-corrected chi connectivity index (χ2v) is 8.42. The molecule has 1 amide bonds. The van der Waals surface area contributed by atoms with Crippen molar-refractivity contribution in [1.82, 2.24) is 9.78 Å². The Hall–Kier alpha value is -3.03. The number of nitrogens with one attached hydrogen (secondary N) is 1. The van der Waals surface area contributed by atoms with Crippen LogP contribution >= 0.6 is 11.6 Å². The molecule has 3 N–H and O–H groups in total. The average molecular weight is 495 g/mol. The van der Waals surface area contributed by atoms with Crippen molar-refractivity contribution in [1.29, 1.82) is 0 Å². The molecular formula is C18H12ClF5N4O3S. The quantitative estimate of drug-likeness (QED) is 0.417. The van der Waals surface area contributed by atoms with Crippen LogP contribution in [-0.4, -0.2) is 24.1 Å². The average Bonchev–Trinajstić information content (AvgIpc) is 3.16. The van der Waals surface area contributed by atoms with Crippen LogP contribution in [-0.2, 0) is 27.4 Å². The zero-order valence-electron chi connectivity index (χ0n) is 15.6. The SMILES string of the molecule is NS(=O)(=O)c1cc(NC(=O)Cc2cc(F)c(Cl)cc2F)ccc1-n1cc(C(F)(F)F)cn1. The van der Waals surface area contributed by atoms with E-state index in [0.29, 0.717) is 23.1 Å². The molecule has 1 heterocycles. The van der Waals surface area contributed by atoms with Gasteiger partial charge in [-0.25, -0.2) is 27.0 Å². The topological polar surface area (TPSA) is 107 Å². The third kappa shape index (κ3) is 5.23. The lowest BCUT2D eigenvalue weighted by Gasteiger charge is -2.12. The number of carbonyl (C=O) groups is 1. The number of carbonyl (C=O) groups excluding carboxylic acids is 1. The first kappa shape index (κ1) is 23.6. The summed E-state index contributed by atoms with van der Waals surface area (Å²) >= 11 is 5.45. The summed E-state index contributed by atoms with van der Waals surface area (Å²) in [5.41, 5.74) is -1.83. The minimum Gasteiger partial charge on any atom is -0.326 e. The van der Waals surface area contributed by atoms with E-state index in [9.17, 15) is 35.2 Å². The van der Waals surface area contributed by atoms with Crippen LogP contribution < -0.4 is 10.5 Å². The molecule has 0 saturated carbocycles. The number of halogens is 6. The first-order valence-electron chi connectivity index (χ1n) is 8.48. The fourth-order valence-corrected chi connectivity index (χ4v) is 3.58. The highest BCUT2D eigenvalue weighted by atomic mass is 35.5. The number of nitrogens with two attached hydrogens (primary N) is 1. The Morgan fingerprint density at radius 3 is 2.44 bits per heavy atom. The number of anilines is 1. The lowest BCUT2D eigenvalue weighted by atomic mass is 10.1. The molecule has 0 spiro atoms. The van der Waals surface area contributed by atoms with Crippen molar-refractivity contribution in [2.24, 2.45) is 5.14 Å². The normalized spacial score (nSPS) is 12.1. The summed E-state index contributed by atoms with van der Waals surface area (Å²) in [5, 5.41) is 10.5. The summed E-state index contributed by atoms with van der Waals surface area (Å²) in [5.74, 6) is -2.70. The van der Waals surface area contributed by atoms with Crippen molar-refractivity contribution in [2.75, 3.05) is 5.32 Å². The number of sulfonamides is 1. The highest BCUT2D eigenvalue weighted by Gasteiger charge is 2.32. The zero-order chi connectivity index (χ0) is 23.8. The minimum absolute atomic E-state index is 0.110. The zero-order valence-corrected chi connectivity index (χ0v) is 17.2. The van der Waals surface area contributed by atoms with Gasteiger partial charge in [-0.2, -0.15) is 18.3 Å². The van der Waals surface area contributed by atoms with E-state index < -0.39 is 55.6 Å². The van der Waals surface area contributed by atoms with Crippen LogP contribution in [0, 0.1) is 11.6 Å². The maximum atomic E-state index is 13.9. The molecule has 170 valence electrons. The van der Waals surface area contributed by atoms with Gasteiger partial charge in [0.15, 0.2) is 0 Å². The Labute approximate surface area is 182 Å². The van der Waals surface area contributed by atoms with Gasteiger partial charge < -0.3 is 5.32 Å². The number of primary sulfonamides is 1. The second-order valence-electron chi connectivity index (χ2n) is 6.48. The molecule has 0 unspecified atom stereocenters. The molecule has 0 aliphatic carbocycles. The molecule has 3 rings (SSSR count). The highest BCUT2D eigenvalue weighted by molar-refractivity contribution is 7.89. The van der Waals surface area contributed by atoms with Crippen LogP contribution in [0.25, 0.3) is 5.69 Å². The van der Waals surface area contributed by atoms with Gasteiger partial charge in [0.1, 0.15) is 16.5 Å². The largest absolute Gasteiger partial charge is 0.419 e. The Balaban J connectivity index is 1.90. The molecule has 0 aliphatic rings. The van der Waals surface area contributed by atoms with Gasteiger partial charge in [0.25, 0.3) is 0 Å². The Bertz CT molecular complexity index is 1310. The summed E-state index contributed by atoms with van der Waals surface area (Å²) in [7, 11) is -4.46. The summed E-state index contributed by atoms with van der Waals surface area (Å²) in [6.07, 6.45) is -4.24. The van der Waals surface area contributed by atoms with Crippen LogP contribution in [0.4, 0.5) is 27.6 Å². The molecule has 0 saturated heterocycles. The lowest BCUT2D eigenvalue weighted by Crippen LogP contribution is -2.18. The van der Waals surface area contributed by atoms with E-state index in [0.717, 1.165) is 18.2 Å². The van der Waals surface area contributed by atoms with Gasteiger partial charge in [-0.05, 0) is 30.3 Å². The molecule has 0 atom stereocenters. The maximum Gasteiger partial charge on any atom is 0.419 e. The van der Waals surface area contributed by atoms with Crippen LogP contribution in [0.5, 0.6) is 0 Å². The second kappa shape index (κ2) is 8.48. The third-order valence-corrected chi connectivity index (χ3v) is 5.38. The number of hydrogen-bond donors (Lipinski definition) is 2. The fourth-order valence-electron chi connectivity index (χ4n) is 2.69. The van der Waals surface area contributed by atoms with Gasteiger partial charge in [0.2, 0.25) is 15.9 Å². The monoisotopic (exact) mass is 494 g/mol. The summed E-state index contributed by atoms with van der Waals surface area (Å²) in [6, 6.07) is 4.59. The summed E-state index contributed by atoms with van der Waals surface area (Å²) in [4.78, 5) is 11.6. The van der Waals surface area contributed by atoms with E-state index in [2.05, 4.69) is 10.4 Å². The Morgan fingerprint density at radius 2 is 1.84 bits per heavy atom. The van der Waals surface area contributed by atoms with Crippen LogP contribution in [0.1, 0.15) is 11.1 Å². The molecule has 1 aromatic heterocycles. The molecule has 32 heavy (non-hydrogen) atoms. The van der Waals surface area contributed by atoms with E-state index in [1.54, 1.807) is 0 Å². The van der Waals surface area contributed by atoms with Crippen molar-refractivity contribution < 1.29 is 35.2 Å². The van der Waals surface area contributed by atoms with Gasteiger partial charge in [0.05, 0.1) is 28.9 Å². The van der Waals surface area contributed by atoms with Crippen molar-refractivity contribution in [3.8, 4) is 5.69 Å². The molecule has 0 fully saturated rings. The van der Waals surface area contributed by atoms with E-state index in [4.69, 9.17) is 16.7 Å². The standard InChI is InChI=1S/C18H12ClF5N4O3S/c19-12-6-13(20)9(3-14(12)21)4-17(29)27-11-1-2-15(16(5-11)32(25,30)31)28-8-10(7-26-28)18(22,23)24/h1-3,5-8H,4H2,(H,27,29)(H2,25,30,31). The lowest BCUT2D eigenvalue weighted by molar-refractivity contribution is -0.137. The predicted octanol–water partition coefficient (Wildman–Crippen LogP) is 3.65. The van der Waals surface area contributed by atoms with Crippen molar-refractivity contribution in [3.63, 3.8) is 0 Å². The van der Waals surface area contributed by atoms with Crippen molar-refractivity contribution in [3.05, 3.63) is 70.5 Å². The molecule has 3 aromatic rings. The molecule has 0 aliphatic heterocycles. The van der Waals surface area contributed by atoms with Crippen molar-refractivity contribution in [2.45, 2.75) is 17.5 Å². The smallest absolute Gasteiger partial charge is 0.326 e. The van der Waals surface area contributed by atoms with Gasteiger partial charge in [-0.15, -0.1) is 0 Å². The minimum atomic E-state index is -4.70. The Morgan fingerprint density at radius 1 is 1.16 bits per heavy atom. The van der Waals surface area contributed by atoms with Gasteiger partial charge in [-0.1, -0.05) is 11.6 Å². The van der Waals surface area contributed by atoms with Crippen LogP contribution in [0.15, 0.2) is 47.6 Å². The van der Waals surface area contributed by atoms with Gasteiger partial charge in [-0.3, -0.25) is 4.79 Å². The molecule has 14 heteroatoms. The first-order chi connectivity index (χ1) is 14.8. The summed E-state index contributed by atoms with van der Waals surface area (Å²) in [6.45, 7) is 0. The van der Waals surface area contributed by atoms with Crippen molar-refractivity contribution >= 4 is 33.2 Å². The van der Waals surface area contributed by atoms with Crippen LogP contribution in [0.2, 0.25) is 5.02 Å². The number of benzene rings is 2. The number of hydrogen-bond acceptors (Lipinski definition) is 4. The Kier molecular flexibility index (Phi) is 6.26. The fraction of sp³-hybridized carbons (Fsp3) is 0.111. The van der Waals surface area contributed by atoms with Gasteiger partial charge in [0, 0.05) is 17.4 Å². The molecule has 0 radical (unpaired) electrons. The molecular weight excluding hydrogens is 483 g/mol. The molecule has 7 nitrogen and oxygen atoms in total. The predicted molar refractivity (Wildman–Crippen MR) is 104 cm³/mol. The van der Waals surface area contributed by atoms with Gasteiger partial charge >= 0.3 is 6.18 Å². The number of alkyl halides is 3. The van der Waals surface area contributed by atoms with E-state index >= 15 is 0 Å². The van der Waals surface area contributed by atoms with E-state index in [-0.39, 0.29) is 16.9 Å². The highest BCUT2D eigenvalue weighted by Crippen LogP contribution is 2.30.